The molecule has 1 aliphatic carbocycles. The molecular weight excluding hydrogens is 665 g/mol. The molecule has 4 N–H and O–H groups in total. The number of nitrogens with zero attached hydrogens (tertiary/aromatic N) is 3. The first-order valence-corrected chi connectivity index (χ1v) is 17.2. The van der Waals surface area contributed by atoms with Crippen LogP contribution >= 0.6 is 34.5 Å². The van der Waals surface area contributed by atoms with Crippen LogP contribution in [0.1, 0.15) is 71.6 Å². The maximum atomic E-state index is 13.9. The topological polar surface area (TPSA) is 174 Å². The average molecular weight is 699 g/mol. The van der Waals surface area contributed by atoms with Gasteiger partial charge in [0.1, 0.15) is 17.7 Å². The van der Waals surface area contributed by atoms with Crippen molar-refractivity contribution >= 4 is 62.5 Å². The lowest BCUT2D eigenvalue weighted by Crippen LogP contribution is -2.43. The third kappa shape index (κ3) is 7.94. The summed E-state index contributed by atoms with van der Waals surface area (Å²) in [6, 6.07) is 6.22. The number of hydrogen-bond donors (Lipinski definition) is 3. The van der Waals surface area contributed by atoms with Crippen LogP contribution < -0.4 is 10.5 Å². The van der Waals surface area contributed by atoms with Gasteiger partial charge in [-0.2, -0.15) is 8.42 Å². The molecule has 1 unspecified atom stereocenters. The quantitative estimate of drug-likeness (QED) is 0.279. The number of aromatic nitrogens is 2. The number of carbonyl (C=O) groups is 2. The maximum absolute atomic E-state index is 13.9. The van der Waals surface area contributed by atoms with E-state index in [0.29, 0.717) is 39.2 Å². The lowest BCUT2D eigenvalue weighted by Gasteiger charge is -2.38. The average Bonchev–Trinajstić information content (AvgIpc) is 3.50. The SMILES string of the molecule is CC(C)(C)OC(=O)N1CCc2ccc(Cl)cc2C1c1cc(C(=O)c2cncnc2N[C@@H]2C[C@H](COS(N)(=O)=O)[C@@H](O)C2)sc1Cl. The van der Waals surface area contributed by atoms with E-state index in [4.69, 9.17) is 33.1 Å². The van der Waals surface area contributed by atoms with Gasteiger partial charge in [-0.15, -0.1) is 11.3 Å². The van der Waals surface area contributed by atoms with Crippen LogP contribution in [0.4, 0.5) is 10.6 Å². The number of rotatable bonds is 8. The molecule has 0 saturated heterocycles. The first-order chi connectivity index (χ1) is 21.1. The van der Waals surface area contributed by atoms with Crippen LogP contribution in [0.2, 0.25) is 9.36 Å². The molecule has 1 amide bonds. The Hall–Kier alpha value is -2.85. The van der Waals surface area contributed by atoms with Gasteiger partial charge in [0.25, 0.3) is 0 Å². The summed E-state index contributed by atoms with van der Waals surface area (Å²) in [5, 5.41) is 19.0. The second-order valence-electron chi connectivity index (χ2n) is 12.0. The Kier molecular flexibility index (Phi) is 9.76. The summed E-state index contributed by atoms with van der Waals surface area (Å²) in [5.41, 5.74) is 1.81. The molecule has 5 rings (SSSR count). The van der Waals surface area contributed by atoms with Crippen molar-refractivity contribution in [1.82, 2.24) is 14.9 Å². The van der Waals surface area contributed by atoms with Crippen molar-refractivity contribution in [2.45, 2.75) is 63.8 Å². The van der Waals surface area contributed by atoms with E-state index in [9.17, 15) is 23.1 Å². The fourth-order valence-corrected chi connectivity index (χ4v) is 7.46. The summed E-state index contributed by atoms with van der Waals surface area (Å²) < 4.78 is 33.1. The van der Waals surface area contributed by atoms with Crippen LogP contribution in [-0.4, -0.2) is 71.2 Å². The number of benzene rings is 1. The predicted octanol–water partition coefficient (Wildman–Crippen LogP) is 4.73. The molecular formula is C29H33Cl2N5O7S2. The molecule has 1 aliphatic heterocycles. The molecule has 3 aromatic rings. The number of thiophene rings is 1. The summed E-state index contributed by atoms with van der Waals surface area (Å²) in [7, 11) is -4.15. The molecule has 12 nitrogen and oxygen atoms in total. The highest BCUT2D eigenvalue weighted by Crippen LogP contribution is 2.44. The van der Waals surface area contributed by atoms with Crippen molar-refractivity contribution in [2.75, 3.05) is 18.5 Å². The molecule has 4 atom stereocenters. The molecule has 45 heavy (non-hydrogen) atoms. The Morgan fingerprint density at radius 2 is 1.96 bits per heavy atom. The van der Waals surface area contributed by atoms with Gasteiger partial charge in [-0.1, -0.05) is 29.3 Å². The van der Waals surface area contributed by atoms with Gasteiger partial charge in [0.2, 0.25) is 5.78 Å². The first-order valence-electron chi connectivity index (χ1n) is 14.1. The van der Waals surface area contributed by atoms with Crippen molar-refractivity contribution in [3.63, 3.8) is 0 Å². The van der Waals surface area contributed by atoms with E-state index in [0.717, 1.165) is 22.5 Å². The highest BCUT2D eigenvalue weighted by molar-refractivity contribution is 7.84. The minimum absolute atomic E-state index is 0.178. The highest BCUT2D eigenvalue weighted by Gasteiger charge is 2.38. The number of halogens is 2. The molecule has 0 spiro atoms. The lowest BCUT2D eigenvalue weighted by molar-refractivity contribution is 0.0178. The maximum Gasteiger partial charge on any atom is 0.411 e. The minimum Gasteiger partial charge on any atom is -0.444 e. The van der Waals surface area contributed by atoms with Crippen molar-refractivity contribution in [3.05, 3.63) is 73.3 Å². The van der Waals surface area contributed by atoms with E-state index in [1.807, 2.05) is 6.07 Å². The van der Waals surface area contributed by atoms with Gasteiger partial charge in [-0.3, -0.25) is 13.9 Å². The third-order valence-electron chi connectivity index (χ3n) is 7.60. The van der Waals surface area contributed by atoms with E-state index in [-0.39, 0.29) is 30.5 Å². The molecule has 3 heterocycles. The number of ether oxygens (including phenoxy) is 1. The van der Waals surface area contributed by atoms with Crippen LogP contribution in [0.3, 0.4) is 0 Å². The Labute approximate surface area is 275 Å². The number of fused-ring (bicyclic) bond motifs is 1. The number of ketones is 1. The van der Waals surface area contributed by atoms with Crippen molar-refractivity contribution in [1.29, 1.82) is 0 Å². The Morgan fingerprint density at radius 1 is 1.20 bits per heavy atom. The highest BCUT2D eigenvalue weighted by atomic mass is 35.5. The van der Waals surface area contributed by atoms with E-state index in [2.05, 4.69) is 19.5 Å². The molecule has 1 fully saturated rings. The minimum atomic E-state index is -4.15. The van der Waals surface area contributed by atoms with Gasteiger partial charge in [-0.05, 0) is 69.4 Å². The normalized spacial score (nSPS) is 21.8. The van der Waals surface area contributed by atoms with Gasteiger partial charge in [-0.25, -0.2) is 19.9 Å². The van der Waals surface area contributed by atoms with Crippen LogP contribution in [0.5, 0.6) is 0 Å². The number of anilines is 1. The molecule has 2 aromatic heterocycles. The van der Waals surface area contributed by atoms with Gasteiger partial charge in [0.15, 0.2) is 0 Å². The second-order valence-corrected chi connectivity index (χ2v) is 15.4. The van der Waals surface area contributed by atoms with Crippen LogP contribution in [0.15, 0.2) is 36.8 Å². The summed E-state index contributed by atoms with van der Waals surface area (Å²) >= 11 is 14.3. The summed E-state index contributed by atoms with van der Waals surface area (Å²) in [6.07, 6.45) is 2.55. The van der Waals surface area contributed by atoms with E-state index in [1.54, 1.807) is 43.9 Å². The number of carbonyl (C=O) groups excluding carboxylic acids is 2. The Morgan fingerprint density at radius 3 is 2.67 bits per heavy atom. The van der Waals surface area contributed by atoms with Crippen molar-refractivity contribution in [3.8, 4) is 0 Å². The Bertz CT molecular complexity index is 1710. The summed E-state index contributed by atoms with van der Waals surface area (Å²) in [6.45, 7) is 5.49. The van der Waals surface area contributed by atoms with Gasteiger partial charge < -0.3 is 15.2 Å². The summed E-state index contributed by atoms with van der Waals surface area (Å²) in [4.78, 5) is 37.5. The molecule has 1 saturated carbocycles. The van der Waals surface area contributed by atoms with E-state index >= 15 is 0 Å². The molecule has 16 heteroatoms. The first kappa shape index (κ1) is 33.5. The monoisotopic (exact) mass is 697 g/mol. The Balaban J connectivity index is 1.43. The molecule has 1 aromatic carbocycles. The molecule has 0 bridgehead atoms. The molecule has 0 radical (unpaired) electrons. The largest absolute Gasteiger partial charge is 0.444 e. The fraction of sp³-hybridized carbons (Fsp3) is 0.448. The number of aliphatic hydroxyl groups excluding tert-OH is 1. The molecule has 242 valence electrons. The number of aliphatic hydroxyl groups is 1. The fourth-order valence-electron chi connectivity index (χ4n) is 5.64. The van der Waals surface area contributed by atoms with E-state index in [1.165, 1.54) is 12.5 Å². The van der Waals surface area contributed by atoms with Gasteiger partial charge in [0.05, 0.1) is 33.5 Å². The lowest BCUT2D eigenvalue weighted by atomic mass is 9.89. The van der Waals surface area contributed by atoms with Crippen LogP contribution in [0, 0.1) is 5.92 Å². The number of amides is 1. The third-order valence-corrected chi connectivity index (χ3v) is 9.68. The zero-order valence-corrected chi connectivity index (χ0v) is 27.8. The van der Waals surface area contributed by atoms with E-state index < -0.39 is 45.8 Å². The standard InChI is InChI=1S/C29H33Cl2N5O7S2/c1-29(2,3)43-28(39)36-7-6-15-4-5-17(30)9-19(15)24(36)20-11-23(44-26(20)31)25(38)21-12-33-14-34-27(21)35-18-8-16(22(37)10-18)13-42-45(32,40)41/h4-5,9,11-12,14,16,18,22,24,37H,6-8,10,13H2,1-3H3,(H2,32,40,41)(H,33,34,35)/t16-,18-,22+,24?/m1/s1. The number of nitrogens with one attached hydrogen (secondary N) is 1. The van der Waals surface area contributed by atoms with Crippen molar-refractivity contribution < 1.29 is 32.0 Å². The van der Waals surface area contributed by atoms with Crippen molar-refractivity contribution in [2.24, 2.45) is 11.1 Å². The number of hydrogen-bond acceptors (Lipinski definition) is 11. The zero-order valence-electron chi connectivity index (χ0n) is 24.7. The summed E-state index contributed by atoms with van der Waals surface area (Å²) in [5.74, 6) is -0.633. The second kappa shape index (κ2) is 13.1. The predicted molar refractivity (Wildman–Crippen MR) is 170 cm³/mol. The zero-order chi connectivity index (χ0) is 32.7. The van der Waals surface area contributed by atoms with Crippen LogP contribution in [0.25, 0.3) is 0 Å². The van der Waals surface area contributed by atoms with Gasteiger partial charge in [0, 0.05) is 35.3 Å². The number of nitrogens with two attached hydrogens (primary N) is 1. The van der Waals surface area contributed by atoms with Crippen LogP contribution in [-0.2, 0) is 25.6 Å². The smallest absolute Gasteiger partial charge is 0.411 e. The molecule has 2 aliphatic rings. The van der Waals surface area contributed by atoms with Gasteiger partial charge >= 0.3 is 16.4 Å².